The number of ether oxygens (including phenoxy) is 4. The summed E-state index contributed by atoms with van der Waals surface area (Å²) in [6.45, 7) is 6.82. The molecular weight excluding hydrogens is 598 g/mol. The molecule has 244 valence electrons. The first-order chi connectivity index (χ1) is 21.4. The first-order valence-electron chi connectivity index (χ1n) is 14.5. The van der Waals surface area contributed by atoms with E-state index in [0.29, 0.717) is 17.9 Å². The number of rotatable bonds is 15. The highest BCUT2D eigenvalue weighted by molar-refractivity contribution is 7.92. The van der Waals surface area contributed by atoms with Gasteiger partial charge in [0.1, 0.15) is 24.1 Å². The van der Waals surface area contributed by atoms with Gasteiger partial charge in [-0.25, -0.2) is 8.42 Å². The van der Waals surface area contributed by atoms with Crippen LogP contribution in [0.3, 0.4) is 0 Å². The summed E-state index contributed by atoms with van der Waals surface area (Å²) in [6.07, 6.45) is 0.706. The number of aryl methyl sites for hydroxylation is 1. The van der Waals surface area contributed by atoms with Gasteiger partial charge in [-0.2, -0.15) is 0 Å². The highest BCUT2D eigenvalue weighted by atomic mass is 32.2. The monoisotopic (exact) mass is 641 g/mol. The number of nitrogens with one attached hydrogen (secondary N) is 1. The molecule has 0 saturated carbocycles. The van der Waals surface area contributed by atoms with Gasteiger partial charge in [-0.3, -0.25) is 13.9 Å². The first-order valence-corrected chi connectivity index (χ1v) is 16.0. The van der Waals surface area contributed by atoms with Crippen molar-refractivity contribution in [3.8, 4) is 23.0 Å². The number of anilines is 1. The SMILES string of the molecule is CC[C@@H](C)NC(=O)[C@H](C)N(Cc1cccc(C)c1)C(=O)CN(c1cc(OC)ccc1OC)S(=O)(=O)c1ccc(OC)c(OC)c1. The Morgan fingerprint density at radius 1 is 0.844 bits per heavy atom. The van der Waals surface area contributed by atoms with Gasteiger partial charge in [-0.15, -0.1) is 0 Å². The summed E-state index contributed by atoms with van der Waals surface area (Å²) in [4.78, 5) is 28.8. The Morgan fingerprint density at radius 3 is 2.11 bits per heavy atom. The van der Waals surface area contributed by atoms with Gasteiger partial charge in [0.05, 0.1) is 39.0 Å². The molecule has 0 aliphatic heterocycles. The lowest BCUT2D eigenvalue weighted by molar-refractivity contribution is -0.139. The summed E-state index contributed by atoms with van der Waals surface area (Å²) < 4.78 is 51.3. The number of carbonyl (C=O) groups is 2. The van der Waals surface area contributed by atoms with Crippen LogP contribution in [-0.4, -0.2) is 72.2 Å². The Labute approximate surface area is 266 Å². The van der Waals surface area contributed by atoms with Gasteiger partial charge in [0.2, 0.25) is 11.8 Å². The predicted octanol–water partition coefficient (Wildman–Crippen LogP) is 4.56. The molecule has 1 N–H and O–H groups in total. The summed E-state index contributed by atoms with van der Waals surface area (Å²) in [6, 6.07) is 15.4. The summed E-state index contributed by atoms with van der Waals surface area (Å²) in [5.41, 5.74) is 1.85. The summed E-state index contributed by atoms with van der Waals surface area (Å²) in [5, 5.41) is 2.93. The Balaban J connectivity index is 2.17. The molecule has 0 aromatic heterocycles. The van der Waals surface area contributed by atoms with Crippen molar-refractivity contribution < 1.29 is 37.0 Å². The van der Waals surface area contributed by atoms with Gasteiger partial charge in [0.25, 0.3) is 10.0 Å². The van der Waals surface area contributed by atoms with Crippen LogP contribution in [0.25, 0.3) is 0 Å². The zero-order valence-electron chi connectivity index (χ0n) is 27.1. The number of carbonyl (C=O) groups excluding carboxylic acids is 2. The third-order valence-electron chi connectivity index (χ3n) is 7.48. The van der Waals surface area contributed by atoms with Crippen LogP contribution in [0.4, 0.5) is 5.69 Å². The number of benzene rings is 3. The van der Waals surface area contributed by atoms with E-state index in [1.807, 2.05) is 45.0 Å². The van der Waals surface area contributed by atoms with Gasteiger partial charge in [-0.05, 0) is 57.0 Å². The van der Waals surface area contributed by atoms with E-state index in [9.17, 15) is 18.0 Å². The molecule has 0 spiro atoms. The highest BCUT2D eigenvalue weighted by Crippen LogP contribution is 2.37. The molecule has 0 radical (unpaired) electrons. The van der Waals surface area contributed by atoms with E-state index >= 15 is 0 Å². The second kappa shape index (κ2) is 15.5. The van der Waals surface area contributed by atoms with Crippen LogP contribution < -0.4 is 28.6 Å². The summed E-state index contributed by atoms with van der Waals surface area (Å²) in [7, 11) is 1.26. The number of nitrogens with zero attached hydrogens (tertiary/aromatic N) is 2. The highest BCUT2D eigenvalue weighted by Gasteiger charge is 2.35. The third-order valence-corrected chi connectivity index (χ3v) is 9.24. The zero-order chi connectivity index (χ0) is 33.3. The smallest absolute Gasteiger partial charge is 0.265 e. The molecule has 12 heteroatoms. The maximum Gasteiger partial charge on any atom is 0.265 e. The number of hydrogen-bond donors (Lipinski definition) is 1. The second-order valence-corrected chi connectivity index (χ2v) is 12.4. The average molecular weight is 642 g/mol. The Hall–Kier alpha value is -4.45. The van der Waals surface area contributed by atoms with E-state index < -0.39 is 28.5 Å². The fraction of sp³-hybridized carbons (Fsp3) is 0.394. The van der Waals surface area contributed by atoms with Crippen molar-refractivity contribution in [2.45, 2.75) is 57.6 Å². The maximum absolute atomic E-state index is 14.4. The number of methoxy groups -OCH3 is 4. The largest absolute Gasteiger partial charge is 0.497 e. The molecule has 2 amide bonds. The zero-order valence-corrected chi connectivity index (χ0v) is 27.9. The van der Waals surface area contributed by atoms with Crippen molar-refractivity contribution in [3.05, 3.63) is 71.8 Å². The molecule has 0 aliphatic carbocycles. The van der Waals surface area contributed by atoms with Crippen molar-refractivity contribution in [1.29, 1.82) is 0 Å². The van der Waals surface area contributed by atoms with Gasteiger partial charge in [0.15, 0.2) is 11.5 Å². The van der Waals surface area contributed by atoms with Crippen LogP contribution in [0.2, 0.25) is 0 Å². The second-order valence-electron chi connectivity index (χ2n) is 10.6. The molecule has 0 bridgehead atoms. The normalized spacial score (nSPS) is 12.4. The van der Waals surface area contributed by atoms with Crippen LogP contribution in [-0.2, 0) is 26.2 Å². The van der Waals surface area contributed by atoms with E-state index in [4.69, 9.17) is 18.9 Å². The predicted molar refractivity (Wildman–Crippen MR) is 173 cm³/mol. The molecule has 0 fully saturated rings. The lowest BCUT2D eigenvalue weighted by atomic mass is 10.1. The molecule has 0 aliphatic rings. The minimum Gasteiger partial charge on any atom is -0.497 e. The molecule has 0 unspecified atom stereocenters. The quantitative estimate of drug-likeness (QED) is 0.256. The van der Waals surface area contributed by atoms with Gasteiger partial charge >= 0.3 is 0 Å². The number of amides is 2. The van der Waals surface area contributed by atoms with Crippen molar-refractivity contribution in [3.63, 3.8) is 0 Å². The fourth-order valence-corrected chi connectivity index (χ4v) is 6.10. The first kappa shape index (κ1) is 35.0. The summed E-state index contributed by atoms with van der Waals surface area (Å²) >= 11 is 0. The molecule has 0 heterocycles. The van der Waals surface area contributed by atoms with Crippen molar-refractivity contribution in [2.24, 2.45) is 0 Å². The molecule has 3 rings (SSSR count). The van der Waals surface area contributed by atoms with Crippen LogP contribution >= 0.6 is 0 Å². The minimum atomic E-state index is -4.43. The van der Waals surface area contributed by atoms with E-state index in [0.717, 1.165) is 15.4 Å². The lowest BCUT2D eigenvalue weighted by Crippen LogP contribution is -2.52. The maximum atomic E-state index is 14.4. The Kier molecular flexibility index (Phi) is 12.1. The third kappa shape index (κ3) is 8.39. The van der Waals surface area contributed by atoms with Crippen molar-refractivity contribution >= 4 is 27.5 Å². The number of sulfonamides is 1. The van der Waals surface area contributed by atoms with E-state index in [-0.39, 0.29) is 40.6 Å². The fourth-order valence-electron chi connectivity index (χ4n) is 4.66. The van der Waals surface area contributed by atoms with Crippen LogP contribution in [0.1, 0.15) is 38.3 Å². The average Bonchev–Trinajstić information content (AvgIpc) is 3.04. The standard InChI is InChI=1S/C33H43N3O8S/c1-9-23(3)34-33(38)24(4)35(20-25-12-10-11-22(2)17-25)32(37)21-36(28-18-26(41-5)13-15-29(28)42-6)45(39,40)27-14-16-30(43-7)31(19-27)44-8/h10-19,23-24H,9,20-21H2,1-8H3,(H,34,38)/t23-,24+/m1/s1. The Bertz CT molecular complexity index is 1590. The summed E-state index contributed by atoms with van der Waals surface area (Å²) in [5.74, 6) is 0.127. The Morgan fingerprint density at radius 2 is 1.51 bits per heavy atom. The van der Waals surface area contributed by atoms with Crippen LogP contribution in [0.15, 0.2) is 65.6 Å². The molecular formula is C33H43N3O8S. The molecule has 45 heavy (non-hydrogen) atoms. The van der Waals surface area contributed by atoms with Crippen molar-refractivity contribution in [1.82, 2.24) is 10.2 Å². The molecule has 0 saturated heterocycles. The molecule has 3 aromatic carbocycles. The van der Waals surface area contributed by atoms with Gasteiger partial charge in [0, 0.05) is 24.7 Å². The number of hydrogen-bond acceptors (Lipinski definition) is 8. The van der Waals surface area contributed by atoms with Gasteiger partial charge in [-0.1, -0.05) is 36.8 Å². The molecule has 2 atom stereocenters. The van der Waals surface area contributed by atoms with Crippen LogP contribution in [0, 0.1) is 6.92 Å². The lowest BCUT2D eigenvalue weighted by Gasteiger charge is -2.33. The minimum absolute atomic E-state index is 0.0761. The molecule has 3 aromatic rings. The van der Waals surface area contributed by atoms with Crippen molar-refractivity contribution in [2.75, 3.05) is 39.3 Å². The van der Waals surface area contributed by atoms with E-state index in [1.54, 1.807) is 19.1 Å². The molecule has 11 nitrogen and oxygen atoms in total. The topological polar surface area (TPSA) is 124 Å². The van der Waals surface area contributed by atoms with E-state index in [1.165, 1.54) is 57.6 Å². The van der Waals surface area contributed by atoms with Crippen LogP contribution in [0.5, 0.6) is 23.0 Å². The van der Waals surface area contributed by atoms with Gasteiger partial charge < -0.3 is 29.2 Å². The van der Waals surface area contributed by atoms with E-state index in [2.05, 4.69) is 5.32 Å².